The van der Waals surface area contributed by atoms with Crippen LogP contribution in [0.3, 0.4) is 0 Å². The van der Waals surface area contributed by atoms with Crippen molar-refractivity contribution in [1.82, 2.24) is 19.9 Å². The highest BCUT2D eigenvalue weighted by atomic mass is 32.1. The highest BCUT2D eigenvalue weighted by Gasteiger charge is 2.22. The molecule has 1 amide bonds. The van der Waals surface area contributed by atoms with Crippen molar-refractivity contribution in [3.05, 3.63) is 58.9 Å². The lowest BCUT2D eigenvalue weighted by atomic mass is 10.2. The average Bonchev–Trinajstić information content (AvgIpc) is 3.32. The van der Waals surface area contributed by atoms with Gasteiger partial charge in [-0.2, -0.15) is 0 Å². The third kappa shape index (κ3) is 4.43. The van der Waals surface area contributed by atoms with Gasteiger partial charge in [-0.25, -0.2) is 4.98 Å². The molecule has 0 saturated carbocycles. The number of rotatable bonds is 5. The molecule has 1 fully saturated rings. The van der Waals surface area contributed by atoms with Crippen molar-refractivity contribution in [3.8, 4) is 10.6 Å². The molecule has 7 heteroatoms. The van der Waals surface area contributed by atoms with Crippen LogP contribution in [0.15, 0.2) is 46.3 Å². The number of thiazole rings is 1. The zero-order valence-corrected chi connectivity index (χ0v) is 16.1. The van der Waals surface area contributed by atoms with Crippen LogP contribution in [0.1, 0.15) is 17.1 Å². The van der Waals surface area contributed by atoms with Gasteiger partial charge in [-0.1, -0.05) is 35.5 Å². The van der Waals surface area contributed by atoms with E-state index in [1.54, 1.807) is 11.3 Å². The molecule has 4 rings (SSSR count). The molecule has 2 aromatic heterocycles. The number of carbonyl (C=O) groups is 1. The number of nitrogens with zero attached hydrogens (tertiary/aromatic N) is 4. The maximum absolute atomic E-state index is 12.6. The molecule has 3 heterocycles. The summed E-state index contributed by atoms with van der Waals surface area (Å²) in [6.45, 7) is 5.83. The Balaban J connectivity index is 1.29. The molecular formula is C20H22N4O2S. The van der Waals surface area contributed by atoms with E-state index in [1.165, 1.54) is 0 Å². The highest BCUT2D eigenvalue weighted by molar-refractivity contribution is 7.13. The van der Waals surface area contributed by atoms with Crippen LogP contribution < -0.4 is 0 Å². The van der Waals surface area contributed by atoms with Crippen molar-refractivity contribution < 1.29 is 9.32 Å². The summed E-state index contributed by atoms with van der Waals surface area (Å²) in [6.07, 6.45) is 0.366. The highest BCUT2D eigenvalue weighted by Crippen LogP contribution is 2.23. The first kappa shape index (κ1) is 17.9. The summed E-state index contributed by atoms with van der Waals surface area (Å²) in [4.78, 5) is 21.5. The summed E-state index contributed by atoms with van der Waals surface area (Å²) in [7, 11) is 0. The topological polar surface area (TPSA) is 62.5 Å². The molecule has 1 saturated heterocycles. The molecule has 140 valence electrons. The predicted octanol–water partition coefficient (Wildman–Crippen LogP) is 2.99. The summed E-state index contributed by atoms with van der Waals surface area (Å²) in [5.74, 6) is 1.03. The van der Waals surface area contributed by atoms with Crippen LogP contribution in [0.2, 0.25) is 0 Å². The molecule has 1 aliphatic rings. The van der Waals surface area contributed by atoms with Crippen molar-refractivity contribution in [3.63, 3.8) is 0 Å². The lowest BCUT2D eigenvalue weighted by molar-refractivity contribution is -0.132. The first-order valence-electron chi connectivity index (χ1n) is 9.09. The zero-order valence-electron chi connectivity index (χ0n) is 15.3. The third-order valence-corrected chi connectivity index (χ3v) is 5.63. The molecule has 3 aromatic rings. The summed E-state index contributed by atoms with van der Waals surface area (Å²) in [5.41, 5.74) is 2.85. The van der Waals surface area contributed by atoms with E-state index < -0.39 is 0 Å². The van der Waals surface area contributed by atoms with E-state index in [0.717, 1.165) is 60.4 Å². The van der Waals surface area contributed by atoms with Gasteiger partial charge >= 0.3 is 0 Å². The van der Waals surface area contributed by atoms with Crippen molar-refractivity contribution in [1.29, 1.82) is 0 Å². The summed E-state index contributed by atoms with van der Waals surface area (Å²) >= 11 is 1.59. The van der Waals surface area contributed by atoms with Crippen LogP contribution in [0, 0.1) is 6.92 Å². The second-order valence-corrected chi connectivity index (χ2v) is 7.64. The largest absolute Gasteiger partial charge is 0.360 e. The second kappa shape index (κ2) is 8.02. The Morgan fingerprint density at radius 3 is 2.67 bits per heavy atom. The number of aromatic nitrogens is 2. The normalized spacial score (nSPS) is 15.2. The number of piperazine rings is 1. The monoisotopic (exact) mass is 382 g/mol. The van der Waals surface area contributed by atoms with E-state index >= 15 is 0 Å². The number of hydrogen-bond donors (Lipinski definition) is 0. The number of hydrogen-bond acceptors (Lipinski definition) is 6. The fraction of sp³-hybridized carbons (Fsp3) is 0.350. The number of benzene rings is 1. The fourth-order valence-electron chi connectivity index (χ4n) is 3.23. The van der Waals surface area contributed by atoms with Gasteiger partial charge in [0.15, 0.2) is 5.76 Å². The van der Waals surface area contributed by atoms with Crippen molar-refractivity contribution in [2.75, 3.05) is 26.2 Å². The van der Waals surface area contributed by atoms with E-state index in [0.29, 0.717) is 6.42 Å². The van der Waals surface area contributed by atoms with Crippen molar-refractivity contribution in [2.24, 2.45) is 0 Å². The van der Waals surface area contributed by atoms with Gasteiger partial charge in [-0.15, -0.1) is 11.3 Å². The molecule has 1 aliphatic heterocycles. The standard InChI is InChI=1S/C20H22N4O2S/c1-15-11-18(26-22-15)13-23-7-9-24(10-8-23)19(25)12-17-14-27-20(21-17)16-5-3-2-4-6-16/h2-6,11,14H,7-10,12-13H2,1H3. The smallest absolute Gasteiger partial charge is 0.228 e. The SMILES string of the molecule is Cc1cc(CN2CCN(C(=O)Cc3csc(-c4ccccc4)n3)CC2)on1. The van der Waals surface area contributed by atoms with E-state index in [4.69, 9.17) is 4.52 Å². The Hall–Kier alpha value is -2.51. The molecule has 27 heavy (non-hydrogen) atoms. The number of carbonyl (C=O) groups excluding carboxylic acids is 1. The zero-order chi connectivity index (χ0) is 18.6. The number of amides is 1. The lowest BCUT2D eigenvalue weighted by Crippen LogP contribution is -2.48. The predicted molar refractivity (Wildman–Crippen MR) is 104 cm³/mol. The molecule has 0 bridgehead atoms. The minimum Gasteiger partial charge on any atom is -0.360 e. The lowest BCUT2D eigenvalue weighted by Gasteiger charge is -2.34. The second-order valence-electron chi connectivity index (χ2n) is 6.78. The van der Waals surface area contributed by atoms with E-state index in [-0.39, 0.29) is 5.91 Å². The third-order valence-electron chi connectivity index (χ3n) is 4.69. The molecule has 0 aliphatic carbocycles. The minimum atomic E-state index is 0.148. The first-order chi connectivity index (χ1) is 13.2. The maximum Gasteiger partial charge on any atom is 0.228 e. The molecule has 0 spiro atoms. The Kier molecular flexibility index (Phi) is 5.31. The quantitative estimate of drug-likeness (QED) is 0.679. The average molecular weight is 382 g/mol. The Bertz CT molecular complexity index is 898. The number of aryl methyl sites for hydroxylation is 1. The maximum atomic E-state index is 12.6. The Morgan fingerprint density at radius 2 is 1.96 bits per heavy atom. The fourth-order valence-corrected chi connectivity index (χ4v) is 4.06. The molecule has 0 N–H and O–H groups in total. The van der Waals surface area contributed by atoms with Crippen LogP contribution in [-0.2, 0) is 17.8 Å². The molecule has 6 nitrogen and oxygen atoms in total. The summed E-state index contributed by atoms with van der Waals surface area (Å²) < 4.78 is 5.28. The van der Waals surface area contributed by atoms with E-state index in [2.05, 4.69) is 15.0 Å². The van der Waals surface area contributed by atoms with Gasteiger partial charge in [0.05, 0.1) is 24.4 Å². The molecule has 1 aromatic carbocycles. The Labute approximate surface area is 162 Å². The van der Waals surface area contributed by atoms with Crippen LogP contribution in [0.5, 0.6) is 0 Å². The van der Waals surface area contributed by atoms with E-state index in [9.17, 15) is 4.79 Å². The summed E-state index contributed by atoms with van der Waals surface area (Å²) in [6, 6.07) is 12.0. The van der Waals surface area contributed by atoms with Crippen LogP contribution in [0.25, 0.3) is 10.6 Å². The van der Waals surface area contributed by atoms with Crippen LogP contribution >= 0.6 is 11.3 Å². The van der Waals surface area contributed by atoms with Gasteiger partial charge in [0, 0.05) is 43.2 Å². The van der Waals surface area contributed by atoms with Crippen LogP contribution in [-0.4, -0.2) is 52.0 Å². The first-order valence-corrected chi connectivity index (χ1v) is 9.97. The van der Waals surface area contributed by atoms with Crippen LogP contribution in [0.4, 0.5) is 0 Å². The summed E-state index contributed by atoms with van der Waals surface area (Å²) in [5, 5.41) is 6.88. The molecule has 0 atom stereocenters. The van der Waals surface area contributed by atoms with Crippen molar-refractivity contribution >= 4 is 17.2 Å². The van der Waals surface area contributed by atoms with Crippen molar-refractivity contribution in [2.45, 2.75) is 19.9 Å². The molecule has 0 unspecified atom stereocenters. The van der Waals surface area contributed by atoms with Gasteiger partial charge in [-0.05, 0) is 6.92 Å². The van der Waals surface area contributed by atoms with Gasteiger partial charge in [0.25, 0.3) is 0 Å². The Morgan fingerprint density at radius 1 is 1.19 bits per heavy atom. The molecule has 0 radical (unpaired) electrons. The molecular weight excluding hydrogens is 360 g/mol. The van der Waals surface area contributed by atoms with E-state index in [1.807, 2.05) is 53.6 Å². The van der Waals surface area contributed by atoms with Gasteiger partial charge in [-0.3, -0.25) is 9.69 Å². The van der Waals surface area contributed by atoms with Gasteiger partial charge in [0.2, 0.25) is 5.91 Å². The minimum absolute atomic E-state index is 0.148. The van der Waals surface area contributed by atoms with Gasteiger partial charge < -0.3 is 9.42 Å². The van der Waals surface area contributed by atoms with Gasteiger partial charge in [0.1, 0.15) is 5.01 Å².